The number of carbonyl (C=O) groups is 2. The van der Waals surface area contributed by atoms with Crippen molar-refractivity contribution in [2.45, 2.75) is 25.8 Å². The molecule has 0 aliphatic carbocycles. The molecule has 0 bridgehead atoms. The van der Waals surface area contributed by atoms with Gasteiger partial charge in [0, 0.05) is 26.6 Å². The number of aliphatic carboxylic acids is 1. The van der Waals surface area contributed by atoms with Gasteiger partial charge in [0.05, 0.1) is 0 Å². The minimum Gasteiger partial charge on any atom is -0.479 e. The molecule has 1 fully saturated rings. The summed E-state index contributed by atoms with van der Waals surface area (Å²) in [6.45, 7) is 4.80. The molecule has 0 aromatic heterocycles. The van der Waals surface area contributed by atoms with Crippen molar-refractivity contribution in [2.24, 2.45) is 0 Å². The van der Waals surface area contributed by atoms with Crippen LogP contribution in [0, 0.1) is 0 Å². The number of likely N-dealkylation sites (tertiary alicyclic amines) is 1. The summed E-state index contributed by atoms with van der Waals surface area (Å²) in [6.07, 6.45) is 0.506. The average Bonchev–Trinajstić information content (AvgIpc) is 2.49. The highest BCUT2D eigenvalue weighted by atomic mass is 16.4. The first-order valence-electron chi connectivity index (χ1n) is 5.14. The van der Waals surface area contributed by atoms with Gasteiger partial charge in [0.2, 0.25) is 5.91 Å². The first-order valence-corrected chi connectivity index (χ1v) is 5.14. The highest BCUT2D eigenvalue weighted by Crippen LogP contribution is 2.27. The van der Waals surface area contributed by atoms with Crippen LogP contribution in [-0.2, 0) is 9.59 Å². The summed E-state index contributed by atoms with van der Waals surface area (Å²) in [7, 11) is 1.87. The van der Waals surface area contributed by atoms with Crippen molar-refractivity contribution in [1.29, 1.82) is 0 Å². The predicted octanol–water partition coefficient (Wildman–Crippen LogP) is 0.0137. The Labute approximate surface area is 89.7 Å². The third kappa shape index (κ3) is 1.97. The summed E-state index contributed by atoms with van der Waals surface area (Å²) in [5, 5.41) is 9.31. The van der Waals surface area contributed by atoms with E-state index < -0.39 is 11.5 Å². The molecule has 1 rings (SSSR count). The third-order valence-corrected chi connectivity index (χ3v) is 3.05. The Kier molecular flexibility index (Phi) is 3.34. The molecule has 5 nitrogen and oxygen atoms in total. The molecule has 1 heterocycles. The summed E-state index contributed by atoms with van der Waals surface area (Å²) in [4.78, 5) is 26.2. The summed E-state index contributed by atoms with van der Waals surface area (Å²) < 4.78 is 0. The van der Waals surface area contributed by atoms with Gasteiger partial charge in [-0.25, -0.2) is 4.79 Å². The molecule has 1 saturated heterocycles. The SMILES string of the molecule is CCN(C(C)=O)C1(C(=O)O)CCN(C)C1. The number of nitrogens with zero attached hydrogens (tertiary/aromatic N) is 2. The molecule has 0 spiro atoms. The fourth-order valence-electron chi connectivity index (χ4n) is 2.32. The minimum atomic E-state index is -1.02. The topological polar surface area (TPSA) is 60.9 Å². The average molecular weight is 214 g/mol. The van der Waals surface area contributed by atoms with Crippen LogP contribution in [0.25, 0.3) is 0 Å². The minimum absolute atomic E-state index is 0.171. The molecule has 15 heavy (non-hydrogen) atoms. The van der Waals surface area contributed by atoms with Crippen molar-refractivity contribution in [3.63, 3.8) is 0 Å². The van der Waals surface area contributed by atoms with Crippen LogP contribution >= 0.6 is 0 Å². The monoisotopic (exact) mass is 214 g/mol. The maximum absolute atomic E-state index is 11.4. The van der Waals surface area contributed by atoms with Crippen molar-refractivity contribution in [3.8, 4) is 0 Å². The quantitative estimate of drug-likeness (QED) is 0.719. The van der Waals surface area contributed by atoms with E-state index in [0.717, 1.165) is 6.54 Å². The van der Waals surface area contributed by atoms with Gasteiger partial charge in [0.25, 0.3) is 0 Å². The second-order valence-corrected chi connectivity index (χ2v) is 4.09. The predicted molar refractivity (Wildman–Crippen MR) is 55.5 cm³/mol. The van der Waals surface area contributed by atoms with Gasteiger partial charge in [-0.05, 0) is 20.4 Å². The molecule has 1 atom stereocenters. The van der Waals surface area contributed by atoms with E-state index in [1.165, 1.54) is 11.8 Å². The first kappa shape index (κ1) is 12.0. The number of carbonyl (C=O) groups excluding carboxylic acids is 1. The van der Waals surface area contributed by atoms with Crippen LogP contribution in [0.1, 0.15) is 20.3 Å². The summed E-state index contributed by atoms with van der Waals surface area (Å²) >= 11 is 0. The number of carboxylic acids is 1. The summed E-state index contributed by atoms with van der Waals surface area (Å²) in [5.74, 6) is -1.07. The van der Waals surface area contributed by atoms with Gasteiger partial charge < -0.3 is 14.9 Å². The molecule has 0 aromatic rings. The molecule has 1 unspecified atom stereocenters. The zero-order chi connectivity index (χ0) is 11.6. The molecule has 1 N–H and O–H groups in total. The Balaban J connectivity index is 3.00. The van der Waals surface area contributed by atoms with Gasteiger partial charge >= 0.3 is 5.97 Å². The van der Waals surface area contributed by atoms with Crippen LogP contribution in [0.15, 0.2) is 0 Å². The highest BCUT2D eigenvalue weighted by Gasteiger charge is 2.49. The van der Waals surface area contributed by atoms with E-state index in [4.69, 9.17) is 0 Å². The Hall–Kier alpha value is -1.10. The zero-order valence-corrected chi connectivity index (χ0v) is 9.49. The van der Waals surface area contributed by atoms with Crippen LogP contribution < -0.4 is 0 Å². The maximum atomic E-state index is 11.4. The van der Waals surface area contributed by atoms with E-state index in [2.05, 4.69) is 0 Å². The molecule has 1 amide bonds. The Morgan fingerprint density at radius 3 is 2.40 bits per heavy atom. The van der Waals surface area contributed by atoms with Crippen LogP contribution in [0.4, 0.5) is 0 Å². The van der Waals surface area contributed by atoms with Gasteiger partial charge in [-0.2, -0.15) is 0 Å². The van der Waals surface area contributed by atoms with Crippen LogP contribution in [0.3, 0.4) is 0 Å². The molecular weight excluding hydrogens is 196 g/mol. The smallest absolute Gasteiger partial charge is 0.331 e. The Morgan fingerprint density at radius 1 is 1.53 bits per heavy atom. The molecule has 1 aliphatic heterocycles. The molecule has 0 radical (unpaired) electrons. The lowest BCUT2D eigenvalue weighted by atomic mass is 9.96. The lowest BCUT2D eigenvalue weighted by Gasteiger charge is -2.36. The van der Waals surface area contributed by atoms with Crippen LogP contribution in [-0.4, -0.2) is 59.0 Å². The Bertz CT molecular complexity index is 280. The van der Waals surface area contributed by atoms with Gasteiger partial charge in [0.15, 0.2) is 5.54 Å². The van der Waals surface area contributed by atoms with Crippen LogP contribution in [0.2, 0.25) is 0 Å². The number of likely N-dealkylation sites (N-methyl/N-ethyl adjacent to an activating group) is 2. The van der Waals surface area contributed by atoms with Gasteiger partial charge in [-0.15, -0.1) is 0 Å². The van der Waals surface area contributed by atoms with Crippen LogP contribution in [0.5, 0.6) is 0 Å². The van der Waals surface area contributed by atoms with Crippen molar-refractivity contribution in [3.05, 3.63) is 0 Å². The Morgan fingerprint density at radius 2 is 2.13 bits per heavy atom. The number of rotatable bonds is 3. The molecular formula is C10H18N2O3. The van der Waals surface area contributed by atoms with Crippen molar-refractivity contribution in [2.75, 3.05) is 26.7 Å². The van der Waals surface area contributed by atoms with E-state index in [1.807, 2.05) is 18.9 Å². The third-order valence-electron chi connectivity index (χ3n) is 3.05. The lowest BCUT2D eigenvalue weighted by Crippen LogP contribution is -2.57. The zero-order valence-electron chi connectivity index (χ0n) is 9.49. The number of amides is 1. The number of hydrogen-bond donors (Lipinski definition) is 1. The summed E-state index contributed by atoms with van der Waals surface area (Å²) in [5.41, 5.74) is -1.02. The molecule has 1 aliphatic rings. The van der Waals surface area contributed by atoms with Gasteiger partial charge in [-0.1, -0.05) is 0 Å². The standard InChI is InChI=1S/C10H18N2O3/c1-4-12(8(2)13)10(9(14)15)5-6-11(3)7-10/h4-7H2,1-3H3,(H,14,15). The second kappa shape index (κ2) is 4.18. The molecule has 5 heteroatoms. The maximum Gasteiger partial charge on any atom is 0.331 e. The highest BCUT2D eigenvalue weighted by molar-refractivity contribution is 5.86. The first-order chi connectivity index (χ1) is 6.94. The van der Waals surface area contributed by atoms with Gasteiger partial charge in [0.1, 0.15) is 0 Å². The van der Waals surface area contributed by atoms with Gasteiger partial charge in [-0.3, -0.25) is 4.79 Å². The van der Waals surface area contributed by atoms with E-state index in [0.29, 0.717) is 19.5 Å². The normalized spacial score (nSPS) is 26.6. The number of carboxylic acid groups (broad SMARTS) is 1. The van der Waals surface area contributed by atoms with Crippen molar-refractivity contribution in [1.82, 2.24) is 9.80 Å². The van der Waals surface area contributed by atoms with E-state index >= 15 is 0 Å². The summed E-state index contributed by atoms with van der Waals surface area (Å²) in [6, 6.07) is 0. The van der Waals surface area contributed by atoms with Crippen molar-refractivity contribution >= 4 is 11.9 Å². The largest absolute Gasteiger partial charge is 0.479 e. The second-order valence-electron chi connectivity index (χ2n) is 4.09. The van der Waals surface area contributed by atoms with E-state index in [9.17, 15) is 14.7 Å². The lowest BCUT2D eigenvalue weighted by molar-refractivity contribution is -0.157. The molecule has 0 saturated carbocycles. The van der Waals surface area contributed by atoms with Crippen molar-refractivity contribution < 1.29 is 14.7 Å². The number of hydrogen-bond acceptors (Lipinski definition) is 3. The van der Waals surface area contributed by atoms with E-state index in [1.54, 1.807) is 0 Å². The molecule has 86 valence electrons. The molecule has 0 aromatic carbocycles. The fourth-order valence-corrected chi connectivity index (χ4v) is 2.32. The van der Waals surface area contributed by atoms with E-state index in [-0.39, 0.29) is 5.91 Å². The fraction of sp³-hybridized carbons (Fsp3) is 0.800.